The van der Waals surface area contributed by atoms with Gasteiger partial charge < -0.3 is 4.42 Å². The van der Waals surface area contributed by atoms with E-state index in [0.717, 1.165) is 55.6 Å². The quantitative estimate of drug-likeness (QED) is 0.153. The molecule has 268 valence electrons. The van der Waals surface area contributed by atoms with Crippen molar-refractivity contribution in [3.8, 4) is 28.5 Å². The maximum absolute atomic E-state index is 6.10. The Labute approximate surface area is 329 Å². The van der Waals surface area contributed by atoms with Gasteiger partial charge in [-0.25, -0.2) is 15.0 Å². The van der Waals surface area contributed by atoms with Crippen LogP contribution in [0.5, 0.6) is 0 Å². The Hall–Kier alpha value is -7.63. The van der Waals surface area contributed by atoms with Crippen molar-refractivity contribution >= 4 is 43.9 Å². The van der Waals surface area contributed by atoms with Crippen molar-refractivity contribution in [1.82, 2.24) is 19.5 Å². The molecule has 0 saturated carbocycles. The average Bonchev–Trinajstić information content (AvgIpc) is 3.83. The maximum atomic E-state index is 6.10. The van der Waals surface area contributed by atoms with E-state index in [1.54, 1.807) is 6.20 Å². The lowest BCUT2D eigenvalue weighted by molar-refractivity contribution is 0.654. The second-order valence-electron chi connectivity index (χ2n) is 14.4. The summed E-state index contributed by atoms with van der Waals surface area (Å²) in [6, 6.07) is 70.6. The van der Waals surface area contributed by atoms with Gasteiger partial charge in [0.1, 0.15) is 11.4 Å². The van der Waals surface area contributed by atoms with Crippen molar-refractivity contribution in [1.29, 1.82) is 0 Å². The molecule has 11 rings (SSSR count). The zero-order valence-corrected chi connectivity index (χ0v) is 30.8. The SMILES string of the molecule is c1ccc(C(c2ccccc2)(c2ccccc2)c2ccc(-c3nc(-c4ccc5oc6ncccc6c5c4)cc(-n4c5ccccc5c5ccccc54)n3)cc2)cc1. The van der Waals surface area contributed by atoms with E-state index in [-0.39, 0.29) is 0 Å². The largest absolute Gasteiger partial charge is 0.438 e. The minimum atomic E-state index is -0.559. The normalized spacial score (nSPS) is 11.9. The molecular weight excluding hydrogens is 697 g/mol. The molecule has 0 aliphatic heterocycles. The molecule has 0 amide bonds. The molecule has 0 aliphatic carbocycles. The minimum Gasteiger partial charge on any atom is -0.438 e. The number of pyridine rings is 1. The summed E-state index contributed by atoms with van der Waals surface area (Å²) in [7, 11) is 0. The zero-order valence-electron chi connectivity index (χ0n) is 30.8. The van der Waals surface area contributed by atoms with Crippen molar-refractivity contribution < 1.29 is 4.42 Å². The average molecular weight is 731 g/mol. The van der Waals surface area contributed by atoms with Gasteiger partial charge in [-0.2, -0.15) is 0 Å². The van der Waals surface area contributed by atoms with Crippen LogP contribution in [0.25, 0.3) is 72.3 Å². The van der Waals surface area contributed by atoms with E-state index in [4.69, 9.17) is 14.4 Å². The third kappa shape index (κ3) is 5.28. The second kappa shape index (κ2) is 13.3. The van der Waals surface area contributed by atoms with Crippen LogP contribution in [0.2, 0.25) is 0 Å². The molecule has 0 spiro atoms. The molecule has 4 heterocycles. The molecule has 0 radical (unpaired) electrons. The highest BCUT2D eigenvalue weighted by Gasteiger charge is 2.38. The zero-order chi connectivity index (χ0) is 37.8. The topological polar surface area (TPSA) is 56.7 Å². The number of furan rings is 1. The van der Waals surface area contributed by atoms with Crippen LogP contribution in [0.4, 0.5) is 0 Å². The van der Waals surface area contributed by atoms with Crippen LogP contribution in [0.3, 0.4) is 0 Å². The van der Waals surface area contributed by atoms with Crippen LogP contribution in [0.1, 0.15) is 22.3 Å². The van der Waals surface area contributed by atoms with E-state index >= 15 is 0 Å². The standard InChI is InChI=1S/C52H34N4O/c1-4-15-37(16-5-1)52(38-17-6-2-7-18-38,39-19-8-3-9-20-39)40-29-26-35(27-30-40)50-54-45(36-28-31-48-44(33-36)43-23-14-32-53-51(43)57-48)34-49(55-50)56-46-24-12-10-21-41(46)42-22-11-13-25-47(42)56/h1-34H. The van der Waals surface area contributed by atoms with Gasteiger partial charge in [-0.05, 0) is 64.7 Å². The number of para-hydroxylation sites is 2. The summed E-state index contributed by atoms with van der Waals surface area (Å²) < 4.78 is 8.36. The highest BCUT2D eigenvalue weighted by Crippen LogP contribution is 2.45. The molecule has 0 bridgehead atoms. The van der Waals surface area contributed by atoms with Crippen LogP contribution in [-0.4, -0.2) is 19.5 Å². The monoisotopic (exact) mass is 730 g/mol. The Morgan fingerprint density at radius 3 is 1.56 bits per heavy atom. The number of hydrogen-bond acceptors (Lipinski definition) is 4. The summed E-state index contributed by atoms with van der Waals surface area (Å²) in [5.41, 5.74) is 10.5. The van der Waals surface area contributed by atoms with Crippen LogP contribution in [-0.2, 0) is 5.41 Å². The lowest BCUT2D eigenvalue weighted by Crippen LogP contribution is -2.30. The Balaban J connectivity index is 1.13. The van der Waals surface area contributed by atoms with Gasteiger partial charge in [-0.1, -0.05) is 152 Å². The van der Waals surface area contributed by atoms with Crippen LogP contribution in [0, 0.1) is 0 Å². The van der Waals surface area contributed by atoms with E-state index in [2.05, 4.69) is 198 Å². The van der Waals surface area contributed by atoms with Gasteiger partial charge >= 0.3 is 0 Å². The third-order valence-electron chi connectivity index (χ3n) is 11.3. The van der Waals surface area contributed by atoms with E-state index < -0.39 is 5.41 Å². The molecule has 0 unspecified atom stereocenters. The van der Waals surface area contributed by atoms with E-state index in [1.807, 2.05) is 12.1 Å². The molecule has 7 aromatic carbocycles. The number of fused-ring (bicyclic) bond motifs is 6. The smallest absolute Gasteiger partial charge is 0.227 e. The summed E-state index contributed by atoms with van der Waals surface area (Å²) >= 11 is 0. The molecule has 0 N–H and O–H groups in total. The highest BCUT2D eigenvalue weighted by atomic mass is 16.3. The fourth-order valence-electron chi connectivity index (χ4n) is 8.70. The van der Waals surface area contributed by atoms with Crippen molar-refractivity contribution in [3.63, 3.8) is 0 Å². The lowest BCUT2D eigenvalue weighted by atomic mass is 9.65. The van der Waals surface area contributed by atoms with Crippen molar-refractivity contribution in [2.24, 2.45) is 0 Å². The van der Waals surface area contributed by atoms with Gasteiger partial charge in [-0.15, -0.1) is 0 Å². The summed E-state index contributed by atoms with van der Waals surface area (Å²) in [5.74, 6) is 1.43. The summed E-state index contributed by atoms with van der Waals surface area (Å²) in [4.78, 5) is 15.1. The van der Waals surface area contributed by atoms with Crippen LogP contribution < -0.4 is 0 Å². The summed E-state index contributed by atoms with van der Waals surface area (Å²) in [5, 5.41) is 4.33. The molecule has 57 heavy (non-hydrogen) atoms. The molecular formula is C52H34N4O. The van der Waals surface area contributed by atoms with Crippen LogP contribution >= 0.6 is 0 Å². The summed E-state index contributed by atoms with van der Waals surface area (Å²) in [6.07, 6.45) is 1.76. The molecule has 0 atom stereocenters. The minimum absolute atomic E-state index is 0.559. The first-order valence-electron chi connectivity index (χ1n) is 19.2. The van der Waals surface area contributed by atoms with Gasteiger partial charge in [0.05, 0.1) is 22.1 Å². The maximum Gasteiger partial charge on any atom is 0.227 e. The molecule has 11 aromatic rings. The van der Waals surface area contributed by atoms with Crippen molar-refractivity contribution in [2.45, 2.75) is 5.41 Å². The van der Waals surface area contributed by atoms with E-state index in [0.29, 0.717) is 11.5 Å². The van der Waals surface area contributed by atoms with E-state index in [1.165, 1.54) is 27.5 Å². The number of aromatic nitrogens is 4. The first-order valence-corrected chi connectivity index (χ1v) is 19.2. The number of hydrogen-bond donors (Lipinski definition) is 0. The molecule has 4 aromatic heterocycles. The Morgan fingerprint density at radius 2 is 0.947 bits per heavy atom. The predicted molar refractivity (Wildman–Crippen MR) is 231 cm³/mol. The molecule has 0 fully saturated rings. The second-order valence-corrected chi connectivity index (χ2v) is 14.4. The van der Waals surface area contributed by atoms with Gasteiger partial charge in [-0.3, -0.25) is 4.57 Å². The molecule has 5 nitrogen and oxygen atoms in total. The number of rotatable bonds is 7. The van der Waals surface area contributed by atoms with Crippen molar-refractivity contribution in [3.05, 3.63) is 229 Å². The Morgan fingerprint density at radius 1 is 0.421 bits per heavy atom. The van der Waals surface area contributed by atoms with Gasteiger partial charge in [0.15, 0.2) is 5.82 Å². The lowest BCUT2D eigenvalue weighted by Gasteiger charge is -2.37. The molecule has 0 saturated heterocycles. The molecule has 0 aliphatic rings. The van der Waals surface area contributed by atoms with Gasteiger partial charge in [0.25, 0.3) is 0 Å². The van der Waals surface area contributed by atoms with Gasteiger partial charge in [0, 0.05) is 44.9 Å². The number of nitrogens with zero attached hydrogens (tertiary/aromatic N) is 4. The first-order chi connectivity index (χ1) is 28.3. The number of benzene rings is 7. The first kappa shape index (κ1) is 32.8. The Kier molecular flexibility index (Phi) is 7.64. The fourth-order valence-corrected chi connectivity index (χ4v) is 8.70. The van der Waals surface area contributed by atoms with Crippen LogP contribution in [0.15, 0.2) is 211 Å². The predicted octanol–water partition coefficient (Wildman–Crippen LogP) is 12.6. The third-order valence-corrected chi connectivity index (χ3v) is 11.3. The summed E-state index contributed by atoms with van der Waals surface area (Å²) in [6.45, 7) is 0. The van der Waals surface area contributed by atoms with Crippen molar-refractivity contribution in [2.75, 3.05) is 0 Å². The Bertz CT molecular complexity index is 3070. The van der Waals surface area contributed by atoms with E-state index in [9.17, 15) is 0 Å². The molecule has 5 heteroatoms. The fraction of sp³-hybridized carbons (Fsp3) is 0.0192. The van der Waals surface area contributed by atoms with Gasteiger partial charge in [0.2, 0.25) is 5.71 Å². The highest BCUT2D eigenvalue weighted by molar-refractivity contribution is 6.09.